The first-order chi connectivity index (χ1) is 10.3. The molecule has 21 heavy (non-hydrogen) atoms. The van der Waals surface area contributed by atoms with Crippen LogP contribution in [0.1, 0.15) is 24.3 Å². The van der Waals surface area contributed by atoms with Crippen molar-refractivity contribution in [3.05, 3.63) is 66.2 Å². The lowest BCUT2D eigenvalue weighted by molar-refractivity contribution is 0.0444. The Balaban J connectivity index is 1.87. The molecular formula is C18H20N2O. The molecule has 0 aliphatic carbocycles. The third kappa shape index (κ3) is 2.98. The van der Waals surface area contributed by atoms with E-state index < -0.39 is 0 Å². The standard InChI is InChI=1S/C18H20N2O/c1-3-14-4-6-17-11-15(5-7-16(17)10-14)12-18(21-2)20-9-8-19-13-20/h4-11,13,18H,3,12H2,1-2H3. The Hall–Kier alpha value is -2.13. The molecule has 3 nitrogen and oxygen atoms in total. The van der Waals surface area contributed by atoms with E-state index >= 15 is 0 Å². The second-order valence-electron chi connectivity index (χ2n) is 5.27. The van der Waals surface area contributed by atoms with E-state index in [1.165, 1.54) is 21.9 Å². The molecule has 3 heteroatoms. The van der Waals surface area contributed by atoms with Crippen molar-refractivity contribution in [1.29, 1.82) is 0 Å². The summed E-state index contributed by atoms with van der Waals surface area (Å²) in [6, 6.07) is 13.3. The minimum atomic E-state index is -0.0140. The van der Waals surface area contributed by atoms with Crippen LogP contribution in [0, 0.1) is 0 Å². The van der Waals surface area contributed by atoms with Gasteiger partial charge >= 0.3 is 0 Å². The molecule has 0 bridgehead atoms. The molecule has 0 amide bonds. The van der Waals surface area contributed by atoms with Crippen molar-refractivity contribution in [2.45, 2.75) is 26.0 Å². The van der Waals surface area contributed by atoms with Crippen LogP contribution in [0.4, 0.5) is 0 Å². The molecule has 0 saturated heterocycles. The molecule has 0 radical (unpaired) electrons. The Morgan fingerprint density at radius 3 is 2.43 bits per heavy atom. The monoisotopic (exact) mass is 280 g/mol. The van der Waals surface area contributed by atoms with Crippen molar-refractivity contribution < 1.29 is 4.74 Å². The van der Waals surface area contributed by atoms with E-state index in [1.807, 2.05) is 10.8 Å². The van der Waals surface area contributed by atoms with Crippen LogP contribution in [0.5, 0.6) is 0 Å². The highest BCUT2D eigenvalue weighted by molar-refractivity contribution is 5.83. The zero-order valence-electron chi connectivity index (χ0n) is 12.5. The number of rotatable bonds is 5. The first-order valence-electron chi connectivity index (χ1n) is 7.32. The molecule has 3 aromatic rings. The molecule has 0 saturated carbocycles. The number of ether oxygens (including phenoxy) is 1. The van der Waals surface area contributed by atoms with Gasteiger partial charge in [0, 0.05) is 25.9 Å². The van der Waals surface area contributed by atoms with Crippen LogP contribution >= 0.6 is 0 Å². The Labute approximate surface area is 125 Å². The molecular weight excluding hydrogens is 260 g/mol. The average molecular weight is 280 g/mol. The smallest absolute Gasteiger partial charge is 0.138 e. The van der Waals surface area contributed by atoms with Gasteiger partial charge in [0.15, 0.2) is 0 Å². The lowest BCUT2D eigenvalue weighted by Gasteiger charge is -2.17. The molecule has 108 valence electrons. The van der Waals surface area contributed by atoms with Crippen molar-refractivity contribution in [2.75, 3.05) is 7.11 Å². The van der Waals surface area contributed by atoms with Crippen LogP contribution in [-0.4, -0.2) is 16.7 Å². The molecule has 3 rings (SSSR count). The van der Waals surface area contributed by atoms with E-state index in [9.17, 15) is 0 Å². The molecule has 0 aliphatic heterocycles. The van der Waals surface area contributed by atoms with Gasteiger partial charge in [0.05, 0.1) is 6.33 Å². The highest BCUT2D eigenvalue weighted by Crippen LogP contribution is 2.21. The number of methoxy groups -OCH3 is 1. The molecule has 0 aliphatic rings. The summed E-state index contributed by atoms with van der Waals surface area (Å²) < 4.78 is 7.56. The number of hydrogen-bond donors (Lipinski definition) is 0. The number of hydrogen-bond acceptors (Lipinski definition) is 2. The maximum atomic E-state index is 5.57. The zero-order chi connectivity index (χ0) is 14.7. The number of nitrogens with zero attached hydrogens (tertiary/aromatic N) is 2. The summed E-state index contributed by atoms with van der Waals surface area (Å²) in [6.07, 6.45) is 7.40. The van der Waals surface area contributed by atoms with Gasteiger partial charge in [-0.15, -0.1) is 0 Å². The summed E-state index contributed by atoms with van der Waals surface area (Å²) in [6.45, 7) is 2.18. The van der Waals surface area contributed by atoms with Crippen molar-refractivity contribution in [1.82, 2.24) is 9.55 Å². The number of fused-ring (bicyclic) bond motifs is 1. The third-order valence-corrected chi connectivity index (χ3v) is 3.92. The topological polar surface area (TPSA) is 27.1 Å². The van der Waals surface area contributed by atoms with E-state index in [4.69, 9.17) is 4.74 Å². The normalized spacial score (nSPS) is 12.7. The molecule has 1 aromatic heterocycles. The van der Waals surface area contributed by atoms with Crippen molar-refractivity contribution in [3.8, 4) is 0 Å². The number of benzene rings is 2. The molecule has 1 atom stereocenters. The number of imidazole rings is 1. The van der Waals surface area contributed by atoms with Gasteiger partial charge < -0.3 is 9.30 Å². The van der Waals surface area contributed by atoms with Gasteiger partial charge in [0.2, 0.25) is 0 Å². The maximum absolute atomic E-state index is 5.57. The SMILES string of the molecule is CCc1ccc2cc(CC(OC)n3ccnc3)ccc2c1. The van der Waals surface area contributed by atoms with Gasteiger partial charge in [0.1, 0.15) is 6.23 Å². The summed E-state index contributed by atoms with van der Waals surface area (Å²) in [5.74, 6) is 0. The number of aryl methyl sites for hydroxylation is 1. The Morgan fingerprint density at radius 2 is 1.81 bits per heavy atom. The molecule has 0 N–H and O–H groups in total. The van der Waals surface area contributed by atoms with E-state index in [0.29, 0.717) is 0 Å². The summed E-state index contributed by atoms with van der Waals surface area (Å²) in [4.78, 5) is 4.08. The second-order valence-corrected chi connectivity index (χ2v) is 5.27. The van der Waals surface area contributed by atoms with E-state index in [1.54, 1.807) is 19.6 Å². The summed E-state index contributed by atoms with van der Waals surface area (Å²) in [5.41, 5.74) is 2.65. The van der Waals surface area contributed by atoms with Crippen LogP contribution in [0.25, 0.3) is 10.8 Å². The fraction of sp³-hybridized carbons (Fsp3) is 0.278. The zero-order valence-corrected chi connectivity index (χ0v) is 12.5. The largest absolute Gasteiger partial charge is 0.361 e. The lowest BCUT2D eigenvalue weighted by atomic mass is 10.0. The molecule has 1 unspecified atom stereocenters. The second kappa shape index (κ2) is 6.10. The quantitative estimate of drug-likeness (QED) is 0.706. The molecule has 0 spiro atoms. The van der Waals surface area contributed by atoms with Gasteiger partial charge in [-0.3, -0.25) is 0 Å². The van der Waals surface area contributed by atoms with Crippen molar-refractivity contribution in [3.63, 3.8) is 0 Å². The summed E-state index contributed by atoms with van der Waals surface area (Å²) in [5, 5.41) is 2.58. The van der Waals surface area contributed by atoms with Gasteiger partial charge in [-0.25, -0.2) is 4.98 Å². The first kappa shape index (κ1) is 13.8. The third-order valence-electron chi connectivity index (χ3n) is 3.92. The van der Waals surface area contributed by atoms with Gasteiger partial charge in [-0.1, -0.05) is 43.3 Å². The van der Waals surface area contributed by atoms with Crippen LogP contribution in [0.2, 0.25) is 0 Å². The van der Waals surface area contributed by atoms with E-state index in [2.05, 4.69) is 48.3 Å². The maximum Gasteiger partial charge on any atom is 0.138 e. The Bertz CT molecular complexity index is 719. The van der Waals surface area contributed by atoms with Crippen LogP contribution in [0.3, 0.4) is 0 Å². The van der Waals surface area contributed by atoms with Crippen molar-refractivity contribution >= 4 is 10.8 Å². The molecule has 1 heterocycles. The van der Waals surface area contributed by atoms with Crippen LogP contribution < -0.4 is 0 Å². The van der Waals surface area contributed by atoms with E-state index in [0.717, 1.165) is 12.8 Å². The molecule has 2 aromatic carbocycles. The summed E-state index contributed by atoms with van der Waals surface area (Å²) in [7, 11) is 1.74. The van der Waals surface area contributed by atoms with Gasteiger partial charge in [-0.05, 0) is 28.3 Å². The van der Waals surface area contributed by atoms with E-state index in [-0.39, 0.29) is 6.23 Å². The predicted octanol–water partition coefficient (Wildman–Crippen LogP) is 3.99. The van der Waals surface area contributed by atoms with Crippen LogP contribution in [-0.2, 0) is 17.6 Å². The fourth-order valence-corrected chi connectivity index (χ4v) is 2.64. The Morgan fingerprint density at radius 1 is 1.10 bits per heavy atom. The minimum absolute atomic E-state index is 0.0140. The number of aromatic nitrogens is 2. The lowest BCUT2D eigenvalue weighted by Crippen LogP contribution is -2.12. The van der Waals surface area contributed by atoms with Gasteiger partial charge in [0.25, 0.3) is 0 Å². The average Bonchev–Trinajstić information content (AvgIpc) is 3.06. The summed E-state index contributed by atoms with van der Waals surface area (Å²) >= 11 is 0. The molecule has 0 fully saturated rings. The minimum Gasteiger partial charge on any atom is -0.361 e. The predicted molar refractivity (Wildman–Crippen MR) is 85.3 cm³/mol. The van der Waals surface area contributed by atoms with Crippen molar-refractivity contribution in [2.24, 2.45) is 0 Å². The Kier molecular flexibility index (Phi) is 4.02. The van der Waals surface area contributed by atoms with Crippen LogP contribution in [0.15, 0.2) is 55.1 Å². The fourth-order valence-electron chi connectivity index (χ4n) is 2.64. The first-order valence-corrected chi connectivity index (χ1v) is 7.32. The highest BCUT2D eigenvalue weighted by Gasteiger charge is 2.10. The van der Waals surface area contributed by atoms with Gasteiger partial charge in [-0.2, -0.15) is 0 Å². The highest BCUT2D eigenvalue weighted by atomic mass is 16.5.